The zero-order chi connectivity index (χ0) is 18.1. The Hall–Kier alpha value is -3.09. The van der Waals surface area contributed by atoms with E-state index in [4.69, 9.17) is 14.6 Å². The molecule has 2 aromatic heterocycles. The maximum Gasteiger partial charge on any atom is 0.344 e. The summed E-state index contributed by atoms with van der Waals surface area (Å²) in [5.74, 6) is -0.255. The summed E-state index contributed by atoms with van der Waals surface area (Å²) in [5, 5.41) is 14.5. The van der Waals surface area contributed by atoms with Gasteiger partial charge in [0.05, 0.1) is 12.8 Å². The molecule has 1 N–H and O–H groups in total. The topological polar surface area (TPSA) is 86.5 Å². The molecule has 0 aliphatic rings. The molecule has 7 heteroatoms. The number of pyridine rings is 1. The molecule has 130 valence electrons. The van der Waals surface area contributed by atoms with Crippen molar-refractivity contribution in [1.29, 1.82) is 0 Å². The van der Waals surface area contributed by atoms with Gasteiger partial charge >= 0.3 is 5.97 Å². The molecule has 3 rings (SSSR count). The number of hydrogen-bond donors (Lipinski definition) is 1. The van der Waals surface area contributed by atoms with E-state index >= 15 is 0 Å². The Morgan fingerprint density at radius 3 is 2.80 bits per heavy atom. The molecule has 1 unspecified atom stereocenters. The summed E-state index contributed by atoms with van der Waals surface area (Å²) < 4.78 is 12.7. The molecule has 1 atom stereocenters. The van der Waals surface area contributed by atoms with Crippen LogP contribution in [0.1, 0.15) is 12.5 Å². The lowest BCUT2D eigenvalue weighted by Gasteiger charge is -2.17. The fraction of sp³-hybridized carbons (Fsp3) is 0.278. The molecule has 0 saturated carbocycles. The number of methoxy groups -OCH3 is 1. The Balaban J connectivity index is 2.18. The molecular weight excluding hydrogens is 322 g/mol. The van der Waals surface area contributed by atoms with Gasteiger partial charge in [-0.15, -0.1) is 0 Å². The Bertz CT molecular complexity index is 949. The van der Waals surface area contributed by atoms with E-state index in [2.05, 4.69) is 10.1 Å². The van der Waals surface area contributed by atoms with Gasteiger partial charge in [-0.2, -0.15) is 5.10 Å². The number of carbonyl (C=O) groups is 1. The van der Waals surface area contributed by atoms with Gasteiger partial charge in [0.15, 0.2) is 23.3 Å². The average Bonchev–Trinajstić information content (AvgIpc) is 2.95. The molecule has 0 amide bonds. The fourth-order valence-corrected chi connectivity index (χ4v) is 2.63. The Kier molecular flexibility index (Phi) is 4.31. The lowest BCUT2D eigenvalue weighted by atomic mass is 10.1. The van der Waals surface area contributed by atoms with Gasteiger partial charge in [0.25, 0.3) is 0 Å². The molecule has 25 heavy (non-hydrogen) atoms. The molecule has 0 aliphatic heterocycles. The van der Waals surface area contributed by atoms with Crippen LogP contribution in [0.3, 0.4) is 0 Å². The molecule has 3 aromatic rings. The van der Waals surface area contributed by atoms with E-state index < -0.39 is 12.1 Å². The second-order valence-corrected chi connectivity index (χ2v) is 5.80. The van der Waals surface area contributed by atoms with Crippen molar-refractivity contribution < 1.29 is 19.4 Å². The summed E-state index contributed by atoms with van der Waals surface area (Å²) in [4.78, 5) is 15.8. The predicted molar refractivity (Wildman–Crippen MR) is 93.0 cm³/mol. The van der Waals surface area contributed by atoms with E-state index in [0.717, 1.165) is 10.9 Å². The lowest BCUT2D eigenvalue weighted by molar-refractivity contribution is -0.144. The summed E-state index contributed by atoms with van der Waals surface area (Å²) in [6.45, 7) is 3.45. The number of carboxylic acid groups (broad SMARTS) is 1. The molecule has 1 aromatic carbocycles. The standard InChI is InChI=1S/C18H19N3O4/c1-10-8-14(19-17-13(10)9-21(3)20-17)12-6-5-7-15(24-4)16(12)25-11(2)18(22)23/h5-9,11H,1-4H3,(H,22,23). The highest BCUT2D eigenvalue weighted by Gasteiger charge is 2.20. The summed E-state index contributed by atoms with van der Waals surface area (Å²) in [7, 11) is 3.35. The highest BCUT2D eigenvalue weighted by Crippen LogP contribution is 2.39. The van der Waals surface area contributed by atoms with Crippen LogP contribution in [-0.4, -0.2) is 39.1 Å². The number of para-hydroxylation sites is 1. The number of aliphatic carboxylic acids is 1. The molecule has 0 saturated heterocycles. The first-order valence-electron chi connectivity index (χ1n) is 7.78. The van der Waals surface area contributed by atoms with Crippen LogP contribution in [-0.2, 0) is 11.8 Å². The monoisotopic (exact) mass is 341 g/mol. The van der Waals surface area contributed by atoms with Crippen LogP contribution in [0.2, 0.25) is 0 Å². The van der Waals surface area contributed by atoms with E-state index in [1.807, 2.05) is 38.4 Å². The van der Waals surface area contributed by atoms with Crippen molar-refractivity contribution in [2.75, 3.05) is 7.11 Å². The number of fused-ring (bicyclic) bond motifs is 1. The van der Waals surface area contributed by atoms with Crippen LogP contribution in [0.25, 0.3) is 22.3 Å². The van der Waals surface area contributed by atoms with Crippen LogP contribution in [0.5, 0.6) is 11.5 Å². The minimum Gasteiger partial charge on any atom is -0.493 e. The zero-order valence-electron chi connectivity index (χ0n) is 14.5. The number of aryl methyl sites for hydroxylation is 2. The maximum atomic E-state index is 11.2. The number of hydrogen-bond acceptors (Lipinski definition) is 5. The van der Waals surface area contributed by atoms with Crippen LogP contribution >= 0.6 is 0 Å². The van der Waals surface area contributed by atoms with E-state index in [0.29, 0.717) is 28.4 Å². The predicted octanol–water partition coefficient (Wildman–Crippen LogP) is 2.80. The summed E-state index contributed by atoms with van der Waals surface area (Å²) in [6, 6.07) is 7.28. The average molecular weight is 341 g/mol. The quantitative estimate of drug-likeness (QED) is 0.768. The molecule has 0 spiro atoms. The number of benzene rings is 1. The van der Waals surface area contributed by atoms with Crippen LogP contribution in [0.4, 0.5) is 0 Å². The van der Waals surface area contributed by atoms with Gasteiger partial charge < -0.3 is 14.6 Å². The number of nitrogens with zero attached hydrogens (tertiary/aromatic N) is 3. The number of carboxylic acids is 1. The largest absolute Gasteiger partial charge is 0.493 e. The SMILES string of the molecule is COc1cccc(-c2cc(C)c3cn(C)nc3n2)c1OC(C)C(=O)O. The minimum absolute atomic E-state index is 0.349. The van der Waals surface area contributed by atoms with Crippen LogP contribution < -0.4 is 9.47 Å². The Labute approximate surface area is 144 Å². The van der Waals surface area contributed by atoms with Gasteiger partial charge in [0, 0.05) is 24.2 Å². The number of rotatable bonds is 5. The Morgan fingerprint density at radius 2 is 2.12 bits per heavy atom. The smallest absolute Gasteiger partial charge is 0.344 e. The fourth-order valence-electron chi connectivity index (χ4n) is 2.63. The van der Waals surface area contributed by atoms with E-state index in [1.54, 1.807) is 10.7 Å². The van der Waals surface area contributed by atoms with Gasteiger partial charge in [-0.1, -0.05) is 6.07 Å². The van der Waals surface area contributed by atoms with Crippen LogP contribution in [0.15, 0.2) is 30.5 Å². The lowest BCUT2D eigenvalue weighted by Crippen LogP contribution is -2.23. The normalized spacial score (nSPS) is 12.2. The summed E-state index contributed by atoms with van der Waals surface area (Å²) in [5.41, 5.74) is 2.95. The first kappa shape index (κ1) is 16.8. The molecule has 0 aliphatic carbocycles. The third-order valence-electron chi connectivity index (χ3n) is 3.93. The van der Waals surface area contributed by atoms with E-state index in [-0.39, 0.29) is 0 Å². The minimum atomic E-state index is -1.05. The van der Waals surface area contributed by atoms with Gasteiger partial charge in [-0.25, -0.2) is 9.78 Å². The maximum absolute atomic E-state index is 11.2. The first-order valence-corrected chi connectivity index (χ1v) is 7.78. The highest BCUT2D eigenvalue weighted by atomic mass is 16.5. The van der Waals surface area contributed by atoms with Gasteiger partial charge in [0.1, 0.15) is 0 Å². The molecule has 7 nitrogen and oxygen atoms in total. The number of ether oxygens (including phenoxy) is 2. The van der Waals surface area contributed by atoms with E-state index in [1.165, 1.54) is 14.0 Å². The van der Waals surface area contributed by atoms with Gasteiger partial charge in [0.2, 0.25) is 0 Å². The molecule has 2 heterocycles. The van der Waals surface area contributed by atoms with Crippen molar-refractivity contribution in [1.82, 2.24) is 14.8 Å². The summed E-state index contributed by atoms with van der Waals surface area (Å²) >= 11 is 0. The van der Waals surface area contributed by atoms with Gasteiger partial charge in [-0.3, -0.25) is 4.68 Å². The van der Waals surface area contributed by atoms with Crippen molar-refractivity contribution in [2.45, 2.75) is 20.0 Å². The third-order valence-corrected chi connectivity index (χ3v) is 3.93. The summed E-state index contributed by atoms with van der Waals surface area (Å²) in [6.07, 6.45) is 0.895. The number of aromatic nitrogens is 3. The zero-order valence-corrected chi connectivity index (χ0v) is 14.5. The van der Waals surface area contributed by atoms with Crippen molar-refractivity contribution in [3.8, 4) is 22.8 Å². The van der Waals surface area contributed by atoms with E-state index in [9.17, 15) is 4.79 Å². The molecule has 0 radical (unpaired) electrons. The third kappa shape index (κ3) is 3.13. The van der Waals surface area contributed by atoms with Gasteiger partial charge in [-0.05, 0) is 37.6 Å². The van der Waals surface area contributed by atoms with Crippen molar-refractivity contribution in [3.05, 3.63) is 36.0 Å². The first-order chi connectivity index (χ1) is 11.9. The second-order valence-electron chi connectivity index (χ2n) is 5.80. The second kappa shape index (κ2) is 6.43. The Morgan fingerprint density at radius 1 is 1.36 bits per heavy atom. The molecule has 0 fully saturated rings. The van der Waals surface area contributed by atoms with Crippen molar-refractivity contribution in [2.24, 2.45) is 7.05 Å². The molecular formula is C18H19N3O4. The van der Waals surface area contributed by atoms with Crippen molar-refractivity contribution in [3.63, 3.8) is 0 Å². The van der Waals surface area contributed by atoms with Crippen molar-refractivity contribution >= 4 is 17.0 Å². The van der Waals surface area contributed by atoms with Crippen LogP contribution in [0, 0.1) is 6.92 Å². The highest BCUT2D eigenvalue weighted by molar-refractivity contribution is 5.83. The molecule has 0 bridgehead atoms.